The Labute approximate surface area is 112 Å². The van der Waals surface area contributed by atoms with Crippen molar-refractivity contribution < 1.29 is 8.78 Å². The number of benzene rings is 1. The van der Waals surface area contributed by atoms with Crippen LogP contribution in [0.3, 0.4) is 0 Å². The van der Waals surface area contributed by atoms with Crippen molar-refractivity contribution in [1.82, 2.24) is 4.90 Å². The number of nitrogens with two attached hydrogens (primary N) is 1. The number of aliphatic imine (C=N–C) groups is 1. The van der Waals surface area contributed by atoms with E-state index < -0.39 is 17.2 Å². The first-order chi connectivity index (χ1) is 8.88. The van der Waals surface area contributed by atoms with Gasteiger partial charge in [0.05, 0.1) is 12.1 Å². The molecule has 2 atom stereocenters. The van der Waals surface area contributed by atoms with Crippen LogP contribution >= 0.6 is 0 Å². The lowest BCUT2D eigenvalue weighted by molar-refractivity contribution is 0.170. The highest BCUT2D eigenvalue weighted by Gasteiger charge is 2.42. The second kappa shape index (κ2) is 4.79. The molecule has 0 saturated heterocycles. The number of hydrogen-bond acceptors (Lipinski definition) is 3. The molecule has 1 heterocycles. The van der Waals surface area contributed by atoms with Crippen LogP contribution in [0.4, 0.5) is 8.78 Å². The van der Waals surface area contributed by atoms with Crippen molar-refractivity contribution in [3.05, 3.63) is 35.4 Å². The van der Waals surface area contributed by atoms with Crippen molar-refractivity contribution in [3.8, 4) is 0 Å². The van der Waals surface area contributed by atoms with E-state index in [1.165, 1.54) is 12.1 Å². The summed E-state index contributed by atoms with van der Waals surface area (Å²) < 4.78 is 26.9. The zero-order valence-corrected chi connectivity index (χ0v) is 11.5. The van der Waals surface area contributed by atoms with Crippen LogP contribution in [0.2, 0.25) is 0 Å². The summed E-state index contributed by atoms with van der Waals surface area (Å²) in [6, 6.07) is 3.74. The summed E-state index contributed by atoms with van der Waals surface area (Å²) in [5.74, 6) is -0.724. The van der Waals surface area contributed by atoms with Gasteiger partial charge in [-0.1, -0.05) is 6.92 Å². The molecule has 0 bridgehead atoms. The molecule has 0 spiro atoms. The average molecular weight is 267 g/mol. The summed E-state index contributed by atoms with van der Waals surface area (Å²) in [5, 5.41) is 0. The van der Waals surface area contributed by atoms with Gasteiger partial charge in [0, 0.05) is 12.1 Å². The molecular formula is C14H19F2N3. The third-order valence-electron chi connectivity index (χ3n) is 3.84. The third kappa shape index (κ3) is 2.29. The van der Waals surface area contributed by atoms with Gasteiger partial charge in [-0.25, -0.2) is 8.78 Å². The van der Waals surface area contributed by atoms with Gasteiger partial charge in [-0.3, -0.25) is 4.99 Å². The Bertz CT molecular complexity index is 495. The predicted molar refractivity (Wildman–Crippen MR) is 71.8 cm³/mol. The lowest BCUT2D eigenvalue weighted by Crippen LogP contribution is -2.51. The number of hydrogen-bond donors (Lipinski definition) is 1. The van der Waals surface area contributed by atoms with E-state index >= 15 is 0 Å². The molecule has 2 rings (SSSR count). The van der Waals surface area contributed by atoms with Crippen molar-refractivity contribution in [2.45, 2.75) is 38.8 Å². The molecule has 19 heavy (non-hydrogen) atoms. The zero-order chi connectivity index (χ0) is 14.2. The van der Waals surface area contributed by atoms with Gasteiger partial charge in [0.1, 0.15) is 11.6 Å². The van der Waals surface area contributed by atoms with Gasteiger partial charge in [0.15, 0.2) is 5.96 Å². The number of nitrogens with zero attached hydrogens (tertiary/aromatic N) is 2. The van der Waals surface area contributed by atoms with E-state index in [-0.39, 0.29) is 6.04 Å². The summed E-state index contributed by atoms with van der Waals surface area (Å²) in [4.78, 5) is 6.20. The summed E-state index contributed by atoms with van der Waals surface area (Å²) in [7, 11) is 0. The highest BCUT2D eigenvalue weighted by Crippen LogP contribution is 2.35. The van der Waals surface area contributed by atoms with E-state index in [1.807, 2.05) is 25.7 Å². The maximum absolute atomic E-state index is 13.4. The fourth-order valence-electron chi connectivity index (χ4n) is 2.63. The molecule has 0 aromatic heterocycles. The van der Waals surface area contributed by atoms with E-state index in [0.29, 0.717) is 18.1 Å². The molecule has 0 fully saturated rings. The van der Waals surface area contributed by atoms with Crippen molar-refractivity contribution in [2.24, 2.45) is 10.7 Å². The molecule has 2 unspecified atom stereocenters. The zero-order valence-electron chi connectivity index (χ0n) is 11.5. The summed E-state index contributed by atoms with van der Waals surface area (Å²) in [6.45, 7) is 6.40. The van der Waals surface area contributed by atoms with Crippen molar-refractivity contribution in [3.63, 3.8) is 0 Å². The molecule has 1 aliphatic rings. The fourth-order valence-corrected chi connectivity index (χ4v) is 2.63. The van der Waals surface area contributed by atoms with Gasteiger partial charge in [-0.05, 0) is 38.0 Å². The summed E-state index contributed by atoms with van der Waals surface area (Å²) in [5.41, 5.74) is 5.90. The Balaban J connectivity index is 2.46. The van der Waals surface area contributed by atoms with Crippen LogP contribution in [-0.4, -0.2) is 23.4 Å². The average Bonchev–Trinajstić information content (AvgIpc) is 2.65. The first kappa shape index (κ1) is 13.8. The van der Waals surface area contributed by atoms with E-state index in [4.69, 9.17) is 5.73 Å². The quantitative estimate of drug-likeness (QED) is 0.914. The summed E-state index contributed by atoms with van der Waals surface area (Å²) in [6.07, 6.45) is 0.879. The molecule has 2 N–H and O–H groups in total. The Morgan fingerprint density at radius 2 is 1.95 bits per heavy atom. The Morgan fingerprint density at radius 1 is 1.37 bits per heavy atom. The molecule has 3 nitrogen and oxygen atoms in total. The molecule has 1 aromatic rings. The maximum atomic E-state index is 13.4. The normalized spacial score (nSPS) is 24.5. The Kier molecular flexibility index (Phi) is 3.47. The van der Waals surface area contributed by atoms with Gasteiger partial charge in [0.2, 0.25) is 0 Å². The molecule has 0 radical (unpaired) electrons. The first-order valence-corrected chi connectivity index (χ1v) is 6.44. The topological polar surface area (TPSA) is 41.6 Å². The van der Waals surface area contributed by atoms with E-state index in [9.17, 15) is 8.78 Å². The minimum atomic E-state index is -0.595. The van der Waals surface area contributed by atoms with Crippen molar-refractivity contribution in [2.75, 3.05) is 6.54 Å². The molecule has 104 valence electrons. The second-order valence-electron chi connectivity index (χ2n) is 5.23. The number of halogens is 2. The van der Waals surface area contributed by atoms with Crippen LogP contribution in [0.5, 0.6) is 0 Å². The van der Waals surface area contributed by atoms with E-state index in [1.54, 1.807) is 0 Å². The Hall–Kier alpha value is -1.65. The highest BCUT2D eigenvalue weighted by atomic mass is 19.1. The second-order valence-corrected chi connectivity index (χ2v) is 5.23. The van der Waals surface area contributed by atoms with Crippen molar-refractivity contribution >= 4 is 5.96 Å². The molecular weight excluding hydrogens is 248 g/mol. The third-order valence-corrected chi connectivity index (χ3v) is 3.84. The van der Waals surface area contributed by atoms with Crippen LogP contribution in [0.25, 0.3) is 0 Å². The molecule has 1 aromatic carbocycles. The van der Waals surface area contributed by atoms with Crippen molar-refractivity contribution in [1.29, 1.82) is 0 Å². The minimum Gasteiger partial charge on any atom is -0.370 e. The fraction of sp³-hybridized carbons (Fsp3) is 0.500. The number of rotatable bonds is 3. The van der Waals surface area contributed by atoms with Gasteiger partial charge >= 0.3 is 0 Å². The molecule has 5 heteroatoms. The molecule has 0 amide bonds. The lowest BCUT2D eigenvalue weighted by Gasteiger charge is -2.40. The predicted octanol–water partition coefficient (Wildman–Crippen LogP) is 2.61. The van der Waals surface area contributed by atoms with Gasteiger partial charge in [-0.15, -0.1) is 0 Å². The lowest BCUT2D eigenvalue weighted by atomic mass is 9.89. The van der Waals surface area contributed by atoms with E-state index in [0.717, 1.165) is 12.5 Å². The van der Waals surface area contributed by atoms with Gasteiger partial charge in [-0.2, -0.15) is 0 Å². The smallest absolute Gasteiger partial charge is 0.192 e. The van der Waals surface area contributed by atoms with Gasteiger partial charge < -0.3 is 10.6 Å². The SMILES string of the molecule is CCC(C)N1C(N)=NCC1(C)c1cc(F)cc(F)c1. The maximum Gasteiger partial charge on any atom is 0.192 e. The highest BCUT2D eigenvalue weighted by molar-refractivity contribution is 5.81. The van der Waals surface area contributed by atoms with Crippen LogP contribution < -0.4 is 5.73 Å². The first-order valence-electron chi connectivity index (χ1n) is 6.44. The van der Waals surface area contributed by atoms with Crippen LogP contribution in [-0.2, 0) is 5.54 Å². The number of guanidine groups is 1. The minimum absolute atomic E-state index is 0.155. The Morgan fingerprint density at radius 3 is 2.47 bits per heavy atom. The largest absolute Gasteiger partial charge is 0.370 e. The molecule has 0 saturated carbocycles. The molecule has 1 aliphatic heterocycles. The van der Waals surface area contributed by atoms with E-state index in [2.05, 4.69) is 4.99 Å². The van der Waals surface area contributed by atoms with Crippen LogP contribution in [0, 0.1) is 11.6 Å². The summed E-state index contributed by atoms with van der Waals surface area (Å²) >= 11 is 0. The van der Waals surface area contributed by atoms with Gasteiger partial charge in [0.25, 0.3) is 0 Å². The van der Waals surface area contributed by atoms with Crippen LogP contribution in [0.15, 0.2) is 23.2 Å². The monoisotopic (exact) mass is 267 g/mol. The van der Waals surface area contributed by atoms with Crippen LogP contribution in [0.1, 0.15) is 32.8 Å². The molecule has 0 aliphatic carbocycles. The standard InChI is InChI=1S/C14H19F2N3/c1-4-9(2)19-13(17)18-8-14(19,3)10-5-11(15)7-12(16)6-10/h5-7,9H,4,8H2,1-3H3,(H2,17,18).